The molecule has 16 amide bonds. The molecule has 5 heterocycles. The number of aliphatic hydroxyl groups excluding tert-OH is 3. The van der Waals surface area contributed by atoms with Crippen molar-refractivity contribution < 1.29 is 102 Å². The SMILES string of the molecule is CC(C)C[C@H](NC(=O)[C@H](CCCCN)NC(=O)[C@H](CC(C)C)NC(=O)[C@@H]1CCCN1C(=O)[C@H](CC(N)=O)NC(=O)[C@@H]1CCCN1C(=O)[C@H](Cc1c[nH]cn1)NC(=O)[C@H](CO)NC(=O)[C@H](Cc1c[nH]cn1)NC(=O)[C@H](CO)NC(=O)[C@H](CC(N)=O)NC(=O)[C@@H](N)CO)C(=O)N[C@@H](Cc1c[nH]cn1)C(=O)N[C@@H](CCCNC(=N)N)C(=O)N[C@@H](CCCNC(=N)N)C(=O)O. The Morgan fingerprint density at radius 3 is 1.13 bits per heavy atom. The Bertz CT molecular complexity index is 4180. The zero-order valence-corrected chi connectivity index (χ0v) is 70.6. The minimum Gasteiger partial charge on any atom is -0.480 e. The third-order valence-corrected chi connectivity index (χ3v) is 20.2. The van der Waals surface area contributed by atoms with Crippen LogP contribution in [0.4, 0.5) is 0 Å². The minimum absolute atomic E-state index is 0.00441. The molecule has 0 spiro atoms. The van der Waals surface area contributed by atoms with Crippen molar-refractivity contribution in [3.05, 3.63) is 54.7 Å². The number of unbranched alkanes of at least 4 members (excludes halogenated alkanes) is 1. The number of amides is 16. The first-order valence-electron chi connectivity index (χ1n) is 41.2. The number of aliphatic carboxylic acids is 1. The number of primary amides is 2. The van der Waals surface area contributed by atoms with Gasteiger partial charge in [-0.25, -0.2) is 19.7 Å². The van der Waals surface area contributed by atoms with Crippen LogP contribution in [0.5, 0.6) is 0 Å². The highest BCUT2D eigenvalue weighted by Crippen LogP contribution is 2.24. The van der Waals surface area contributed by atoms with Gasteiger partial charge in [-0.05, 0) is 102 Å². The molecule has 0 saturated carbocycles. The summed E-state index contributed by atoms with van der Waals surface area (Å²) < 4.78 is 0. The van der Waals surface area contributed by atoms with Crippen LogP contribution in [-0.4, -0.2) is 316 Å². The van der Waals surface area contributed by atoms with Gasteiger partial charge in [-0.2, -0.15) is 0 Å². The van der Waals surface area contributed by atoms with Crippen molar-refractivity contribution in [1.29, 1.82) is 10.8 Å². The number of nitrogens with zero attached hydrogens (tertiary/aromatic N) is 5. The average Bonchev–Trinajstić information content (AvgIpc) is 1.68. The van der Waals surface area contributed by atoms with Gasteiger partial charge >= 0.3 is 5.97 Å². The highest BCUT2D eigenvalue weighted by atomic mass is 16.4. The van der Waals surface area contributed by atoms with Crippen molar-refractivity contribution in [3.63, 3.8) is 0 Å². The number of nitrogens with one attached hydrogen (secondary N) is 19. The van der Waals surface area contributed by atoms with Crippen molar-refractivity contribution in [3.8, 4) is 0 Å². The standard InChI is InChI=1S/C75H122N30O21/c1-37(2)21-46(63(115)97-48(23-39-28-84-34-89-39)64(116)93-44(12-7-17-87-74(80)81)60(112)94-45(73(125)126)13-8-18-88-75(82)83)96-61(113)43(11-5-6-16-76)92-62(114)47(22-38(3)4)99-69(121)55-14-9-20-105(55)72(124)52(27-58(79)110)101-70(122)56-15-10-19-104(56)71(123)51(25-41-30-86-36-91-41)100-68(120)54(33-108)102-65(117)49(24-40-29-85-35-90-40)98-67(119)53(32-107)103-66(118)50(26-57(78)109)95-59(111)42(77)31-106/h28-30,34-38,42-56,106-108H,5-27,31-33,76-77H2,1-4H3,(H2,78,109)(H2,79,110)(H,84,89)(H,85,90)(H,86,91)(H,92,114)(H,93,116)(H,94,112)(H,95,111)(H,96,113)(H,97,115)(H,98,119)(H,99,121)(H,100,120)(H,101,122)(H,102,117)(H,103,118)(H,125,126)(H4,80,81,87)(H4,82,83,88)/t42-,43-,44-,45-,46-,47-,48-,49-,50-,51-,52-,53-,54-,55-,56-/m0/s1. The van der Waals surface area contributed by atoms with Crippen molar-refractivity contribution in [2.75, 3.05) is 52.5 Å². The molecule has 0 aromatic carbocycles. The van der Waals surface area contributed by atoms with Crippen LogP contribution in [-0.2, 0) is 101 Å². The summed E-state index contributed by atoms with van der Waals surface area (Å²) >= 11 is 0. The Hall–Kier alpha value is -13.0. The molecule has 126 heavy (non-hydrogen) atoms. The van der Waals surface area contributed by atoms with E-state index in [0.717, 1.165) is 9.80 Å². The van der Waals surface area contributed by atoms with E-state index in [1.165, 1.54) is 37.6 Å². The Labute approximate surface area is 723 Å². The zero-order valence-electron chi connectivity index (χ0n) is 70.6. The molecule has 0 unspecified atom stereocenters. The summed E-state index contributed by atoms with van der Waals surface area (Å²) in [5.74, 6) is -19.0. The monoisotopic (exact) mass is 1780 g/mol. The molecule has 2 saturated heterocycles. The average molecular weight is 1780 g/mol. The molecular formula is C75H122N30O21. The quantitative estimate of drug-likeness (QED) is 0.0142. The molecule has 35 N–H and O–H groups in total. The summed E-state index contributed by atoms with van der Waals surface area (Å²) in [6.07, 6.45) is 6.07. The number of aromatic nitrogens is 6. The van der Waals surface area contributed by atoms with Gasteiger partial charge in [-0.1, -0.05) is 27.7 Å². The van der Waals surface area contributed by atoms with E-state index < -0.39 is 230 Å². The highest BCUT2D eigenvalue weighted by Gasteiger charge is 2.45. The molecule has 51 heteroatoms. The molecule has 2 aliphatic heterocycles. The van der Waals surface area contributed by atoms with E-state index in [4.69, 9.17) is 45.2 Å². The summed E-state index contributed by atoms with van der Waals surface area (Å²) in [5.41, 5.74) is 33.8. The second-order valence-electron chi connectivity index (χ2n) is 31.2. The number of carboxylic acid groups (broad SMARTS) is 1. The Morgan fingerprint density at radius 2 is 0.746 bits per heavy atom. The first-order chi connectivity index (χ1) is 59.8. The zero-order chi connectivity index (χ0) is 93.4. The van der Waals surface area contributed by atoms with Crippen LogP contribution >= 0.6 is 0 Å². The lowest BCUT2D eigenvalue weighted by Gasteiger charge is -2.32. The summed E-state index contributed by atoms with van der Waals surface area (Å²) in [7, 11) is 0. The molecule has 15 atom stereocenters. The van der Waals surface area contributed by atoms with Gasteiger partial charge in [0.1, 0.15) is 90.6 Å². The third kappa shape index (κ3) is 34.6. The number of rotatable bonds is 56. The van der Waals surface area contributed by atoms with Gasteiger partial charge in [-0.15, -0.1) is 0 Å². The number of nitrogens with two attached hydrogens (primary N) is 6. The number of aromatic amines is 3. The Morgan fingerprint density at radius 1 is 0.421 bits per heavy atom. The van der Waals surface area contributed by atoms with E-state index >= 15 is 0 Å². The van der Waals surface area contributed by atoms with Crippen LogP contribution in [0.3, 0.4) is 0 Å². The van der Waals surface area contributed by atoms with E-state index in [0.29, 0.717) is 6.42 Å². The van der Waals surface area contributed by atoms with Crippen molar-refractivity contribution >= 4 is 112 Å². The number of carbonyl (C=O) groups is 17. The fourth-order valence-electron chi connectivity index (χ4n) is 13.8. The number of hydrogen-bond acceptors (Lipinski definition) is 27. The van der Waals surface area contributed by atoms with Crippen molar-refractivity contribution in [2.45, 2.75) is 234 Å². The Balaban J connectivity index is 1.33. The third-order valence-electron chi connectivity index (χ3n) is 20.2. The molecule has 51 nitrogen and oxygen atoms in total. The minimum atomic E-state index is -1.91. The summed E-state index contributed by atoms with van der Waals surface area (Å²) in [4.78, 5) is 260. The summed E-state index contributed by atoms with van der Waals surface area (Å²) in [6, 6.07) is -23.6. The maximum absolute atomic E-state index is 14.9. The smallest absolute Gasteiger partial charge is 0.326 e. The lowest BCUT2D eigenvalue weighted by molar-refractivity contribution is -0.145. The van der Waals surface area contributed by atoms with Crippen LogP contribution < -0.4 is 109 Å². The molecule has 2 fully saturated rings. The first-order valence-corrected chi connectivity index (χ1v) is 41.2. The molecule has 698 valence electrons. The van der Waals surface area contributed by atoms with Gasteiger partial charge in [0, 0.05) is 64.0 Å². The molecule has 3 aromatic rings. The van der Waals surface area contributed by atoms with E-state index in [9.17, 15) is 102 Å². The normalized spacial score (nSPS) is 16.7. The molecule has 0 aliphatic carbocycles. The summed E-state index contributed by atoms with van der Waals surface area (Å²) in [6.45, 7) is 3.95. The van der Waals surface area contributed by atoms with Gasteiger partial charge in [0.15, 0.2) is 11.9 Å². The van der Waals surface area contributed by atoms with E-state index in [1.54, 1.807) is 27.7 Å². The first kappa shape index (κ1) is 104. The fraction of sp³-hybridized carbons (Fsp3) is 0.627. The van der Waals surface area contributed by atoms with Crippen LogP contribution in [0.2, 0.25) is 0 Å². The molecule has 0 bridgehead atoms. The maximum Gasteiger partial charge on any atom is 0.326 e. The highest BCUT2D eigenvalue weighted by molar-refractivity contribution is 6.02. The number of hydrogen-bond donors (Lipinski definition) is 29. The van der Waals surface area contributed by atoms with Gasteiger partial charge < -0.3 is 154 Å². The molecular weight excluding hydrogens is 1660 g/mol. The topological polar surface area (TPSA) is 836 Å². The van der Waals surface area contributed by atoms with Crippen LogP contribution in [0, 0.1) is 22.7 Å². The predicted octanol–water partition coefficient (Wildman–Crippen LogP) is -11.4. The van der Waals surface area contributed by atoms with Gasteiger partial charge in [0.2, 0.25) is 94.5 Å². The van der Waals surface area contributed by atoms with Crippen molar-refractivity contribution in [1.82, 2.24) is 114 Å². The van der Waals surface area contributed by atoms with E-state index in [-0.39, 0.29) is 163 Å². The maximum atomic E-state index is 14.9. The second kappa shape index (κ2) is 52.6. The van der Waals surface area contributed by atoms with Gasteiger partial charge in [0.25, 0.3) is 0 Å². The summed E-state index contributed by atoms with van der Waals surface area (Å²) in [5, 5.41) is 90.2. The Kier molecular flexibility index (Phi) is 43.2. The number of guanidine groups is 2. The van der Waals surface area contributed by atoms with Gasteiger partial charge in [0.05, 0.1) is 68.7 Å². The fourth-order valence-corrected chi connectivity index (χ4v) is 13.8. The number of carboxylic acids is 1. The second-order valence-corrected chi connectivity index (χ2v) is 31.2. The molecule has 2 aliphatic rings. The van der Waals surface area contributed by atoms with Gasteiger partial charge in [-0.3, -0.25) is 87.5 Å². The lowest BCUT2D eigenvalue weighted by Crippen LogP contribution is -2.62. The number of carbonyl (C=O) groups excluding carboxylic acids is 16. The largest absolute Gasteiger partial charge is 0.480 e. The van der Waals surface area contributed by atoms with Crippen LogP contribution in [0.1, 0.15) is 141 Å². The number of H-pyrrole nitrogens is 3. The number of aliphatic hydroxyl groups is 3. The van der Waals surface area contributed by atoms with Crippen LogP contribution in [0.25, 0.3) is 0 Å². The molecule has 0 radical (unpaired) electrons. The van der Waals surface area contributed by atoms with Crippen LogP contribution in [0.15, 0.2) is 37.6 Å². The predicted molar refractivity (Wildman–Crippen MR) is 444 cm³/mol. The van der Waals surface area contributed by atoms with E-state index in [1.807, 2.05) is 0 Å². The van der Waals surface area contributed by atoms with Crippen molar-refractivity contribution in [2.24, 2.45) is 46.2 Å². The molecule has 3 aromatic heterocycles. The lowest BCUT2D eigenvalue weighted by atomic mass is 9.99. The number of imidazole rings is 3. The van der Waals surface area contributed by atoms with E-state index in [2.05, 4.69) is 104 Å². The molecule has 5 rings (SSSR count). The number of likely N-dealkylation sites (tertiary alicyclic amines) is 2.